The number of hydrogen-bond acceptors (Lipinski definition) is 4. The number of oxazole rings is 1. The highest BCUT2D eigenvalue weighted by atomic mass is 79.9. The van der Waals surface area contributed by atoms with Gasteiger partial charge in [-0.15, -0.1) is 0 Å². The maximum absolute atomic E-state index is 5.28. The zero-order valence-electron chi connectivity index (χ0n) is 8.58. The summed E-state index contributed by atoms with van der Waals surface area (Å²) >= 11 is 3.41. The molecule has 1 atom stereocenters. The van der Waals surface area contributed by atoms with E-state index in [9.17, 15) is 0 Å². The fourth-order valence-corrected chi connectivity index (χ4v) is 2.32. The Labute approximate surface area is 101 Å². The molecule has 16 heavy (non-hydrogen) atoms. The van der Waals surface area contributed by atoms with Crippen molar-refractivity contribution in [1.82, 2.24) is 14.8 Å². The van der Waals surface area contributed by atoms with Gasteiger partial charge in [-0.1, -0.05) is 0 Å². The largest absolute Gasteiger partial charge is 0.432 e. The molecule has 2 aromatic heterocycles. The SMILES string of the molecule is Brc1cnn(C2CCN(c3ncco3)C2)c1. The lowest BCUT2D eigenvalue weighted by molar-refractivity contribution is 0.488. The Morgan fingerprint density at radius 3 is 3.12 bits per heavy atom. The predicted molar refractivity (Wildman–Crippen MR) is 62.3 cm³/mol. The summed E-state index contributed by atoms with van der Waals surface area (Å²) in [5, 5.41) is 4.31. The Balaban J connectivity index is 1.74. The van der Waals surface area contributed by atoms with Gasteiger partial charge in [-0.25, -0.2) is 4.98 Å². The summed E-state index contributed by atoms with van der Waals surface area (Å²) in [6, 6.07) is 1.10. The summed E-state index contributed by atoms with van der Waals surface area (Å²) in [5.74, 6) is 0. The molecule has 1 aliphatic heterocycles. The first kappa shape index (κ1) is 9.89. The third-order valence-electron chi connectivity index (χ3n) is 2.80. The maximum Gasteiger partial charge on any atom is 0.297 e. The molecule has 0 bridgehead atoms. The molecule has 2 aromatic rings. The van der Waals surface area contributed by atoms with E-state index >= 15 is 0 Å². The molecule has 0 aliphatic carbocycles. The second kappa shape index (κ2) is 3.93. The van der Waals surface area contributed by atoms with E-state index in [-0.39, 0.29) is 0 Å². The van der Waals surface area contributed by atoms with E-state index in [0.29, 0.717) is 12.1 Å². The molecule has 0 aromatic carbocycles. The van der Waals surface area contributed by atoms with Gasteiger partial charge in [0.05, 0.1) is 22.9 Å². The number of halogens is 1. The quantitative estimate of drug-likeness (QED) is 0.846. The highest BCUT2D eigenvalue weighted by Crippen LogP contribution is 2.25. The van der Waals surface area contributed by atoms with Crippen LogP contribution in [-0.2, 0) is 0 Å². The molecule has 0 spiro atoms. The number of hydrogen-bond donors (Lipinski definition) is 0. The van der Waals surface area contributed by atoms with Gasteiger partial charge >= 0.3 is 0 Å². The molecule has 5 nitrogen and oxygen atoms in total. The van der Waals surface area contributed by atoms with Crippen molar-refractivity contribution in [3.8, 4) is 0 Å². The fourth-order valence-electron chi connectivity index (χ4n) is 2.02. The summed E-state index contributed by atoms with van der Waals surface area (Å²) in [5.41, 5.74) is 0. The average molecular weight is 283 g/mol. The van der Waals surface area contributed by atoms with E-state index in [0.717, 1.165) is 24.0 Å². The van der Waals surface area contributed by atoms with Crippen LogP contribution in [0, 0.1) is 0 Å². The Morgan fingerprint density at radius 1 is 1.50 bits per heavy atom. The number of nitrogens with zero attached hydrogens (tertiary/aromatic N) is 4. The van der Waals surface area contributed by atoms with Gasteiger partial charge in [0, 0.05) is 19.3 Å². The van der Waals surface area contributed by atoms with Crippen LogP contribution in [0.3, 0.4) is 0 Å². The average Bonchev–Trinajstić information content (AvgIpc) is 2.97. The molecule has 3 rings (SSSR count). The lowest BCUT2D eigenvalue weighted by Gasteiger charge is -2.13. The highest BCUT2D eigenvalue weighted by Gasteiger charge is 2.26. The van der Waals surface area contributed by atoms with E-state index in [4.69, 9.17) is 4.42 Å². The van der Waals surface area contributed by atoms with Crippen LogP contribution in [0.4, 0.5) is 6.01 Å². The van der Waals surface area contributed by atoms with Crippen LogP contribution in [0.15, 0.2) is 33.7 Å². The van der Waals surface area contributed by atoms with Gasteiger partial charge in [0.25, 0.3) is 6.01 Å². The molecule has 1 saturated heterocycles. The van der Waals surface area contributed by atoms with Crippen molar-refractivity contribution in [3.63, 3.8) is 0 Å². The minimum absolute atomic E-state index is 0.401. The van der Waals surface area contributed by atoms with E-state index in [1.165, 1.54) is 0 Å². The summed E-state index contributed by atoms with van der Waals surface area (Å²) < 4.78 is 8.29. The zero-order chi connectivity index (χ0) is 11.0. The van der Waals surface area contributed by atoms with Crippen LogP contribution in [-0.4, -0.2) is 27.9 Å². The number of anilines is 1. The maximum atomic E-state index is 5.28. The summed E-state index contributed by atoms with van der Waals surface area (Å²) in [6.45, 7) is 1.86. The first-order valence-corrected chi connectivity index (χ1v) is 5.96. The molecule has 1 aliphatic rings. The van der Waals surface area contributed by atoms with E-state index in [1.807, 2.05) is 17.1 Å². The topological polar surface area (TPSA) is 47.1 Å². The molecular weight excluding hydrogens is 272 g/mol. The molecule has 0 saturated carbocycles. The molecule has 1 unspecified atom stereocenters. The molecular formula is C10H11BrN4O. The zero-order valence-corrected chi connectivity index (χ0v) is 10.2. The first-order valence-electron chi connectivity index (χ1n) is 5.17. The molecule has 3 heterocycles. The normalized spacial score (nSPS) is 20.6. The standard InChI is InChI=1S/C10H11BrN4O/c11-8-5-13-15(6-8)9-1-3-14(7-9)10-12-2-4-16-10/h2,4-6,9H,1,3,7H2. The number of rotatable bonds is 2. The number of aromatic nitrogens is 3. The van der Waals surface area contributed by atoms with Crippen molar-refractivity contribution < 1.29 is 4.42 Å². The van der Waals surface area contributed by atoms with Crippen molar-refractivity contribution in [2.45, 2.75) is 12.5 Å². The van der Waals surface area contributed by atoms with E-state index in [2.05, 4.69) is 30.9 Å². The minimum atomic E-state index is 0.401. The van der Waals surface area contributed by atoms with Gasteiger partial charge in [0.1, 0.15) is 6.26 Å². The fraction of sp³-hybridized carbons (Fsp3) is 0.400. The Morgan fingerprint density at radius 2 is 2.44 bits per heavy atom. The van der Waals surface area contributed by atoms with Gasteiger partial charge in [-0.05, 0) is 22.4 Å². The van der Waals surface area contributed by atoms with Crippen molar-refractivity contribution in [2.24, 2.45) is 0 Å². The van der Waals surface area contributed by atoms with Crippen LogP contribution in [0.2, 0.25) is 0 Å². The van der Waals surface area contributed by atoms with Crippen molar-refractivity contribution in [3.05, 3.63) is 29.3 Å². The smallest absolute Gasteiger partial charge is 0.297 e. The predicted octanol–water partition coefficient (Wildman–Crippen LogP) is 2.08. The van der Waals surface area contributed by atoms with Crippen LogP contribution >= 0.6 is 15.9 Å². The monoisotopic (exact) mass is 282 g/mol. The molecule has 0 N–H and O–H groups in total. The second-order valence-corrected chi connectivity index (χ2v) is 4.76. The highest BCUT2D eigenvalue weighted by molar-refractivity contribution is 9.10. The lowest BCUT2D eigenvalue weighted by Crippen LogP contribution is -2.21. The molecule has 0 amide bonds. The third-order valence-corrected chi connectivity index (χ3v) is 3.21. The van der Waals surface area contributed by atoms with Crippen LogP contribution in [0.5, 0.6) is 0 Å². The van der Waals surface area contributed by atoms with Crippen LogP contribution in [0.25, 0.3) is 0 Å². The van der Waals surface area contributed by atoms with Gasteiger partial charge in [-0.3, -0.25) is 4.68 Å². The Bertz CT molecular complexity index is 467. The van der Waals surface area contributed by atoms with Gasteiger partial charge in [-0.2, -0.15) is 5.10 Å². The van der Waals surface area contributed by atoms with Crippen LogP contribution < -0.4 is 4.90 Å². The summed E-state index contributed by atoms with van der Waals surface area (Å²) in [7, 11) is 0. The van der Waals surface area contributed by atoms with Crippen molar-refractivity contribution in [1.29, 1.82) is 0 Å². The molecule has 1 fully saturated rings. The lowest BCUT2D eigenvalue weighted by atomic mass is 10.3. The van der Waals surface area contributed by atoms with E-state index < -0.39 is 0 Å². The van der Waals surface area contributed by atoms with Crippen LogP contribution in [0.1, 0.15) is 12.5 Å². The van der Waals surface area contributed by atoms with Crippen molar-refractivity contribution >= 4 is 21.9 Å². The van der Waals surface area contributed by atoms with Gasteiger partial charge in [0.2, 0.25) is 0 Å². The Kier molecular flexibility index (Phi) is 2.43. The van der Waals surface area contributed by atoms with E-state index in [1.54, 1.807) is 12.5 Å². The second-order valence-electron chi connectivity index (χ2n) is 3.84. The van der Waals surface area contributed by atoms with Gasteiger partial charge < -0.3 is 9.32 Å². The minimum Gasteiger partial charge on any atom is -0.432 e. The summed E-state index contributed by atoms with van der Waals surface area (Å²) in [4.78, 5) is 6.29. The molecule has 6 heteroatoms. The first-order chi connectivity index (χ1) is 7.83. The molecule has 84 valence electrons. The van der Waals surface area contributed by atoms with Crippen molar-refractivity contribution in [2.75, 3.05) is 18.0 Å². The Hall–Kier alpha value is -1.30. The van der Waals surface area contributed by atoms with Gasteiger partial charge in [0.15, 0.2) is 0 Å². The summed E-state index contributed by atoms with van der Waals surface area (Å²) in [6.07, 6.45) is 8.16. The third kappa shape index (κ3) is 1.73. The molecule has 0 radical (unpaired) electrons.